The Morgan fingerprint density at radius 3 is 2.60 bits per heavy atom. The molecule has 1 aromatic rings. The highest BCUT2D eigenvalue weighted by atomic mass is 15.3. The Morgan fingerprint density at radius 2 is 1.88 bits per heavy atom. The molecule has 0 aliphatic carbocycles. The maximum absolute atomic E-state index is 4.81. The van der Waals surface area contributed by atoms with E-state index < -0.39 is 0 Å². The standard InChI is InChI=1S/C20H35N5/c1-3-17(4-2)15-24-14-10-18(16-24)22-20-21-11-9-19(23-20)25-12-7-5-6-8-13-25/h9,11,17-18H,3-8,10,12-16H2,1-2H3,(H,21,22,23)/t18-/m0/s1. The van der Waals surface area contributed by atoms with Gasteiger partial charge in [0.2, 0.25) is 5.95 Å². The van der Waals surface area contributed by atoms with Gasteiger partial charge in [0.25, 0.3) is 0 Å². The van der Waals surface area contributed by atoms with Crippen LogP contribution in [0.4, 0.5) is 11.8 Å². The van der Waals surface area contributed by atoms with E-state index in [0.717, 1.165) is 37.3 Å². The van der Waals surface area contributed by atoms with Gasteiger partial charge in [-0.25, -0.2) is 4.98 Å². The van der Waals surface area contributed by atoms with E-state index in [2.05, 4.69) is 40.0 Å². The van der Waals surface area contributed by atoms with Gasteiger partial charge >= 0.3 is 0 Å². The lowest BCUT2D eigenvalue weighted by atomic mass is 10.0. The minimum Gasteiger partial charge on any atom is -0.356 e. The van der Waals surface area contributed by atoms with Crippen LogP contribution in [0.5, 0.6) is 0 Å². The molecule has 3 heterocycles. The summed E-state index contributed by atoms with van der Waals surface area (Å²) in [6.45, 7) is 10.4. The molecule has 0 spiro atoms. The second-order valence-electron chi connectivity index (χ2n) is 7.71. The van der Waals surface area contributed by atoms with Gasteiger partial charge in [0.05, 0.1) is 0 Å². The van der Waals surface area contributed by atoms with Crippen LogP contribution in [0.3, 0.4) is 0 Å². The SMILES string of the molecule is CCC(CC)CN1CC[C@H](Nc2nccc(N3CCCCCC3)n2)C1. The van der Waals surface area contributed by atoms with Crippen LogP contribution < -0.4 is 10.2 Å². The van der Waals surface area contributed by atoms with Crippen molar-refractivity contribution >= 4 is 11.8 Å². The third-order valence-corrected chi connectivity index (χ3v) is 5.85. The summed E-state index contributed by atoms with van der Waals surface area (Å²) in [6, 6.07) is 2.54. The summed E-state index contributed by atoms with van der Waals surface area (Å²) in [6.07, 6.45) is 10.9. The Kier molecular flexibility index (Phi) is 6.91. The van der Waals surface area contributed by atoms with Gasteiger partial charge in [-0.3, -0.25) is 0 Å². The number of hydrogen-bond acceptors (Lipinski definition) is 5. The van der Waals surface area contributed by atoms with Crippen LogP contribution in [0, 0.1) is 5.92 Å². The van der Waals surface area contributed by atoms with Crippen molar-refractivity contribution in [2.24, 2.45) is 5.92 Å². The molecule has 5 heteroatoms. The van der Waals surface area contributed by atoms with E-state index in [-0.39, 0.29) is 0 Å². The molecule has 0 bridgehead atoms. The van der Waals surface area contributed by atoms with Crippen molar-refractivity contribution < 1.29 is 0 Å². The van der Waals surface area contributed by atoms with Gasteiger partial charge < -0.3 is 15.1 Å². The summed E-state index contributed by atoms with van der Waals surface area (Å²) in [5.74, 6) is 2.73. The lowest BCUT2D eigenvalue weighted by molar-refractivity contribution is 0.267. The molecular formula is C20H35N5. The average Bonchev–Trinajstić information content (AvgIpc) is 2.90. The molecule has 5 nitrogen and oxygen atoms in total. The number of anilines is 2. The fraction of sp³-hybridized carbons (Fsp3) is 0.800. The van der Waals surface area contributed by atoms with E-state index in [1.807, 2.05) is 6.20 Å². The summed E-state index contributed by atoms with van der Waals surface area (Å²) in [5, 5.41) is 3.58. The smallest absolute Gasteiger partial charge is 0.224 e. The Morgan fingerprint density at radius 1 is 1.12 bits per heavy atom. The highest BCUT2D eigenvalue weighted by Gasteiger charge is 2.24. The molecule has 0 unspecified atom stereocenters. The van der Waals surface area contributed by atoms with Crippen LogP contribution in [-0.4, -0.2) is 53.6 Å². The Hall–Kier alpha value is -1.36. The second-order valence-corrected chi connectivity index (χ2v) is 7.71. The number of likely N-dealkylation sites (tertiary alicyclic amines) is 1. The summed E-state index contributed by atoms with van der Waals surface area (Å²) in [5.41, 5.74) is 0. The fourth-order valence-corrected chi connectivity index (χ4v) is 4.11. The van der Waals surface area contributed by atoms with Crippen LogP contribution >= 0.6 is 0 Å². The monoisotopic (exact) mass is 345 g/mol. The van der Waals surface area contributed by atoms with Crippen molar-refractivity contribution in [1.29, 1.82) is 0 Å². The van der Waals surface area contributed by atoms with Gasteiger partial charge in [0.15, 0.2) is 0 Å². The van der Waals surface area contributed by atoms with Crippen molar-refractivity contribution in [1.82, 2.24) is 14.9 Å². The first-order valence-electron chi connectivity index (χ1n) is 10.3. The largest absolute Gasteiger partial charge is 0.356 e. The lowest BCUT2D eigenvalue weighted by Gasteiger charge is -2.23. The topological polar surface area (TPSA) is 44.3 Å². The zero-order valence-corrected chi connectivity index (χ0v) is 16.1. The number of aromatic nitrogens is 2. The normalized spacial score (nSPS) is 22.4. The number of nitrogens with one attached hydrogen (secondary N) is 1. The average molecular weight is 346 g/mol. The molecule has 2 aliphatic heterocycles. The molecule has 140 valence electrons. The predicted molar refractivity (Wildman–Crippen MR) is 105 cm³/mol. The van der Waals surface area contributed by atoms with E-state index in [4.69, 9.17) is 4.98 Å². The molecule has 1 aromatic heterocycles. The summed E-state index contributed by atoms with van der Waals surface area (Å²) < 4.78 is 0. The zero-order chi connectivity index (χ0) is 17.5. The first-order valence-corrected chi connectivity index (χ1v) is 10.3. The maximum Gasteiger partial charge on any atom is 0.224 e. The summed E-state index contributed by atoms with van der Waals surface area (Å²) >= 11 is 0. The van der Waals surface area contributed by atoms with Gasteiger partial charge in [0.1, 0.15) is 5.82 Å². The Labute approximate surface area is 153 Å². The summed E-state index contributed by atoms with van der Waals surface area (Å²) in [7, 11) is 0. The molecular weight excluding hydrogens is 310 g/mol. The van der Waals surface area contributed by atoms with Gasteiger partial charge in [-0.2, -0.15) is 4.98 Å². The molecule has 3 rings (SSSR count). The molecule has 0 saturated carbocycles. The van der Waals surface area contributed by atoms with Crippen LogP contribution in [-0.2, 0) is 0 Å². The predicted octanol–water partition coefficient (Wildman–Crippen LogP) is 3.78. The van der Waals surface area contributed by atoms with Crippen LogP contribution in [0.2, 0.25) is 0 Å². The third-order valence-electron chi connectivity index (χ3n) is 5.85. The Bertz CT molecular complexity index is 509. The highest BCUT2D eigenvalue weighted by Crippen LogP contribution is 2.20. The van der Waals surface area contributed by atoms with E-state index in [0.29, 0.717) is 6.04 Å². The highest BCUT2D eigenvalue weighted by molar-refractivity contribution is 5.43. The Balaban J connectivity index is 1.54. The fourth-order valence-electron chi connectivity index (χ4n) is 4.11. The molecule has 2 aliphatic rings. The minimum atomic E-state index is 0.480. The molecule has 25 heavy (non-hydrogen) atoms. The van der Waals surface area contributed by atoms with E-state index in [9.17, 15) is 0 Å². The van der Waals surface area contributed by atoms with Crippen LogP contribution in [0.1, 0.15) is 58.8 Å². The van der Waals surface area contributed by atoms with Crippen molar-refractivity contribution in [3.8, 4) is 0 Å². The number of rotatable bonds is 7. The van der Waals surface area contributed by atoms with Crippen LogP contribution in [0.15, 0.2) is 12.3 Å². The molecule has 0 amide bonds. The van der Waals surface area contributed by atoms with E-state index >= 15 is 0 Å². The first kappa shape index (κ1) is 18.4. The van der Waals surface area contributed by atoms with Gasteiger partial charge in [0, 0.05) is 45.0 Å². The van der Waals surface area contributed by atoms with E-state index in [1.54, 1.807) is 0 Å². The zero-order valence-electron chi connectivity index (χ0n) is 16.1. The van der Waals surface area contributed by atoms with Crippen LogP contribution in [0.25, 0.3) is 0 Å². The van der Waals surface area contributed by atoms with E-state index in [1.165, 1.54) is 58.0 Å². The van der Waals surface area contributed by atoms with Crippen molar-refractivity contribution in [3.05, 3.63) is 12.3 Å². The van der Waals surface area contributed by atoms with Gasteiger partial charge in [-0.1, -0.05) is 39.5 Å². The molecule has 0 radical (unpaired) electrons. The summed E-state index contributed by atoms with van der Waals surface area (Å²) in [4.78, 5) is 14.3. The molecule has 1 N–H and O–H groups in total. The van der Waals surface area contributed by atoms with Crippen molar-refractivity contribution in [3.63, 3.8) is 0 Å². The molecule has 2 fully saturated rings. The van der Waals surface area contributed by atoms with Crippen molar-refractivity contribution in [2.75, 3.05) is 42.9 Å². The molecule has 2 saturated heterocycles. The first-order chi connectivity index (χ1) is 12.3. The molecule has 0 aromatic carbocycles. The maximum atomic E-state index is 4.81. The second kappa shape index (κ2) is 9.37. The lowest BCUT2D eigenvalue weighted by Crippen LogP contribution is -2.31. The van der Waals surface area contributed by atoms with Gasteiger partial charge in [-0.15, -0.1) is 0 Å². The minimum absolute atomic E-state index is 0.480. The van der Waals surface area contributed by atoms with Gasteiger partial charge in [-0.05, 0) is 31.2 Å². The number of hydrogen-bond donors (Lipinski definition) is 1. The quantitative estimate of drug-likeness (QED) is 0.815. The third kappa shape index (κ3) is 5.30. The molecule has 1 atom stereocenters. The van der Waals surface area contributed by atoms with Crippen molar-refractivity contribution in [2.45, 2.75) is 64.8 Å². The number of nitrogens with zero attached hydrogens (tertiary/aromatic N) is 4.